The first-order chi connectivity index (χ1) is 8.67. The van der Waals surface area contributed by atoms with Crippen molar-refractivity contribution in [2.75, 3.05) is 0 Å². The third kappa shape index (κ3) is 2.85. The Hall–Kier alpha value is -0.0831. The number of hydrogen-bond acceptors (Lipinski definition) is 1. The van der Waals surface area contributed by atoms with Gasteiger partial charge in [0.05, 0.1) is 6.10 Å². The minimum absolute atomic E-state index is 0.320. The van der Waals surface area contributed by atoms with Crippen LogP contribution in [-0.4, -0.2) is 14.4 Å². The van der Waals surface area contributed by atoms with Gasteiger partial charge >= 0.3 is 0 Å². The molecule has 0 unspecified atom stereocenters. The average Bonchev–Trinajstić information content (AvgIpc) is 2.28. The molecule has 0 saturated heterocycles. The van der Waals surface area contributed by atoms with E-state index in [-0.39, 0.29) is 0 Å². The van der Waals surface area contributed by atoms with Crippen molar-refractivity contribution in [2.45, 2.75) is 84.0 Å². The molecule has 2 heteroatoms. The Kier molecular flexibility index (Phi) is 4.06. The van der Waals surface area contributed by atoms with Crippen LogP contribution < -0.4 is 0 Å². The summed E-state index contributed by atoms with van der Waals surface area (Å²) in [7, 11) is -1.64. The Morgan fingerprint density at radius 1 is 1.21 bits per heavy atom. The van der Waals surface area contributed by atoms with Crippen molar-refractivity contribution in [3.63, 3.8) is 0 Å². The second kappa shape index (κ2) is 5.03. The van der Waals surface area contributed by atoms with Crippen molar-refractivity contribution < 1.29 is 4.43 Å². The van der Waals surface area contributed by atoms with Gasteiger partial charge < -0.3 is 4.43 Å². The first-order valence-corrected chi connectivity index (χ1v) is 10.9. The monoisotopic (exact) mass is 280 g/mol. The van der Waals surface area contributed by atoms with Gasteiger partial charge in [0.1, 0.15) is 0 Å². The van der Waals surface area contributed by atoms with Crippen molar-refractivity contribution in [2.24, 2.45) is 11.3 Å². The lowest BCUT2D eigenvalue weighted by Crippen LogP contribution is -2.52. The van der Waals surface area contributed by atoms with Gasteiger partial charge in [0.2, 0.25) is 0 Å². The van der Waals surface area contributed by atoms with Crippen LogP contribution in [-0.2, 0) is 4.43 Å². The smallest absolute Gasteiger partial charge is 0.192 e. The molecule has 0 aromatic rings. The van der Waals surface area contributed by atoms with Gasteiger partial charge in [-0.3, -0.25) is 0 Å². The molecule has 2 aliphatic rings. The summed E-state index contributed by atoms with van der Waals surface area (Å²) in [5.74, 6) is 0.754. The third-order valence-corrected chi connectivity index (χ3v) is 10.5. The van der Waals surface area contributed by atoms with E-state index in [0.29, 0.717) is 16.6 Å². The predicted octanol–water partition coefficient (Wildman–Crippen LogP) is 5.53. The van der Waals surface area contributed by atoms with Crippen LogP contribution >= 0.6 is 0 Å². The molecule has 0 aromatic heterocycles. The second-order valence-corrected chi connectivity index (χ2v) is 13.1. The summed E-state index contributed by atoms with van der Waals surface area (Å²) in [6.45, 7) is 14.3. The van der Waals surface area contributed by atoms with E-state index < -0.39 is 8.32 Å². The molecule has 3 atom stereocenters. The summed E-state index contributed by atoms with van der Waals surface area (Å²) in [4.78, 5) is 0. The van der Waals surface area contributed by atoms with Gasteiger partial charge in [0.15, 0.2) is 8.32 Å². The van der Waals surface area contributed by atoms with E-state index in [1.807, 2.05) is 0 Å². The fourth-order valence-corrected chi connectivity index (χ4v) is 4.92. The standard InChI is InChI=1S/C17H32OSi/c1-16(2,3)19(5,6)18-15-12-9-11-14-10-7-8-13-17(14,15)4/h7,10,14-15H,8-9,11-13H2,1-6H3/t14-,15-,17-/m0/s1. The average molecular weight is 281 g/mol. The molecule has 2 aliphatic carbocycles. The molecule has 1 fully saturated rings. The van der Waals surface area contributed by atoms with Crippen LogP contribution in [0.3, 0.4) is 0 Å². The molecule has 0 heterocycles. The lowest BCUT2D eigenvalue weighted by Gasteiger charge is -2.52. The van der Waals surface area contributed by atoms with Gasteiger partial charge in [-0.25, -0.2) is 0 Å². The lowest BCUT2D eigenvalue weighted by molar-refractivity contribution is -0.0264. The van der Waals surface area contributed by atoms with Gasteiger partial charge in [0.25, 0.3) is 0 Å². The van der Waals surface area contributed by atoms with Crippen LogP contribution in [0.4, 0.5) is 0 Å². The molecule has 0 aliphatic heterocycles. The van der Waals surface area contributed by atoms with E-state index in [0.717, 1.165) is 5.92 Å². The maximum Gasteiger partial charge on any atom is 0.192 e. The van der Waals surface area contributed by atoms with E-state index in [4.69, 9.17) is 4.43 Å². The molecule has 0 amide bonds. The van der Waals surface area contributed by atoms with Crippen molar-refractivity contribution in [1.82, 2.24) is 0 Å². The zero-order chi connectivity index (χ0) is 14.3. The zero-order valence-electron chi connectivity index (χ0n) is 13.8. The van der Waals surface area contributed by atoms with Crippen LogP contribution in [0.2, 0.25) is 18.1 Å². The maximum absolute atomic E-state index is 6.82. The topological polar surface area (TPSA) is 9.23 Å². The molecule has 0 bridgehead atoms. The number of fused-ring (bicyclic) bond motifs is 1. The van der Waals surface area contributed by atoms with Gasteiger partial charge in [-0.1, -0.05) is 46.3 Å². The molecule has 19 heavy (non-hydrogen) atoms. The fraction of sp³-hybridized carbons (Fsp3) is 0.882. The Morgan fingerprint density at radius 3 is 2.53 bits per heavy atom. The van der Waals surface area contributed by atoms with E-state index >= 15 is 0 Å². The van der Waals surface area contributed by atoms with Crippen molar-refractivity contribution in [3.05, 3.63) is 12.2 Å². The molecule has 1 saturated carbocycles. The Balaban J connectivity index is 2.18. The SMILES string of the molecule is CC(C)(C)[Si](C)(C)O[C@H]1CCC[C@@H]2C=CCC[C@]12C. The highest BCUT2D eigenvalue weighted by Crippen LogP contribution is 2.51. The van der Waals surface area contributed by atoms with Crippen LogP contribution in [0.15, 0.2) is 12.2 Å². The molecule has 0 N–H and O–H groups in total. The van der Waals surface area contributed by atoms with Crippen LogP contribution in [0.25, 0.3) is 0 Å². The summed E-state index contributed by atoms with van der Waals surface area (Å²) >= 11 is 0. The molecule has 0 radical (unpaired) electrons. The largest absolute Gasteiger partial charge is 0.413 e. The Labute approximate surface area is 120 Å². The number of rotatable bonds is 2. The minimum atomic E-state index is -1.64. The highest BCUT2D eigenvalue weighted by Gasteiger charge is 2.48. The zero-order valence-corrected chi connectivity index (χ0v) is 14.8. The molecule has 0 spiro atoms. The lowest BCUT2D eigenvalue weighted by atomic mass is 9.61. The predicted molar refractivity (Wildman–Crippen MR) is 85.9 cm³/mol. The molecule has 2 rings (SSSR count). The van der Waals surface area contributed by atoms with Gasteiger partial charge in [-0.15, -0.1) is 0 Å². The van der Waals surface area contributed by atoms with Crippen LogP contribution in [0.5, 0.6) is 0 Å². The molecular weight excluding hydrogens is 248 g/mol. The molecule has 110 valence electrons. The van der Waals surface area contributed by atoms with Crippen LogP contribution in [0.1, 0.15) is 59.8 Å². The van der Waals surface area contributed by atoms with E-state index in [9.17, 15) is 0 Å². The summed E-state index contributed by atoms with van der Waals surface area (Å²) in [6, 6.07) is 0. The van der Waals surface area contributed by atoms with Gasteiger partial charge in [-0.05, 0) is 55.1 Å². The molecule has 0 aromatic carbocycles. The molecule has 1 nitrogen and oxygen atoms in total. The quantitative estimate of drug-likeness (QED) is 0.477. The summed E-state index contributed by atoms with van der Waals surface area (Å²) in [5.41, 5.74) is 0.391. The van der Waals surface area contributed by atoms with Crippen molar-refractivity contribution >= 4 is 8.32 Å². The highest BCUT2D eigenvalue weighted by molar-refractivity contribution is 6.74. The summed E-state index contributed by atoms with van der Waals surface area (Å²) < 4.78 is 6.82. The van der Waals surface area contributed by atoms with Crippen molar-refractivity contribution in [1.29, 1.82) is 0 Å². The summed E-state index contributed by atoms with van der Waals surface area (Å²) in [5, 5.41) is 0.320. The van der Waals surface area contributed by atoms with Crippen LogP contribution in [0, 0.1) is 11.3 Å². The second-order valence-electron chi connectivity index (χ2n) is 8.38. The first kappa shape index (κ1) is 15.3. The Bertz CT molecular complexity index is 353. The third-order valence-electron chi connectivity index (χ3n) is 6.03. The van der Waals surface area contributed by atoms with Gasteiger partial charge in [0, 0.05) is 0 Å². The van der Waals surface area contributed by atoms with Crippen molar-refractivity contribution in [3.8, 4) is 0 Å². The first-order valence-electron chi connectivity index (χ1n) is 8.01. The maximum atomic E-state index is 6.82. The minimum Gasteiger partial charge on any atom is -0.413 e. The molecular formula is C17H32OSi. The highest BCUT2D eigenvalue weighted by atomic mass is 28.4. The number of hydrogen-bond donors (Lipinski definition) is 0. The summed E-state index contributed by atoms with van der Waals surface area (Å²) in [6.07, 6.45) is 11.9. The fourth-order valence-electron chi connectivity index (χ4n) is 3.46. The van der Waals surface area contributed by atoms with E-state index in [2.05, 4.69) is 52.9 Å². The normalized spacial score (nSPS) is 36.1. The van der Waals surface area contributed by atoms with E-state index in [1.54, 1.807) is 0 Å². The van der Waals surface area contributed by atoms with Gasteiger partial charge in [-0.2, -0.15) is 0 Å². The number of allylic oxidation sites excluding steroid dienone is 2. The Morgan fingerprint density at radius 2 is 1.89 bits per heavy atom. The van der Waals surface area contributed by atoms with E-state index in [1.165, 1.54) is 32.1 Å².